The number of pyridine rings is 1. The average molecular weight is 207 g/mol. The van der Waals surface area contributed by atoms with Crippen molar-refractivity contribution in [2.24, 2.45) is 0 Å². The fourth-order valence-electron chi connectivity index (χ4n) is 1.21. The molecule has 0 atom stereocenters. The lowest BCUT2D eigenvalue weighted by Crippen LogP contribution is -2.07. The normalized spacial score (nSPS) is 10.7. The third-order valence-corrected chi connectivity index (χ3v) is 1.80. The molecule has 2 N–H and O–H groups in total. The van der Waals surface area contributed by atoms with E-state index in [0.717, 1.165) is 11.0 Å². The van der Waals surface area contributed by atoms with E-state index in [1.165, 1.54) is 0 Å². The number of rotatable bonds is 4. The van der Waals surface area contributed by atoms with Crippen LogP contribution in [-0.4, -0.2) is 32.6 Å². The van der Waals surface area contributed by atoms with Gasteiger partial charge in [0.25, 0.3) is 0 Å². The predicted octanol–water partition coefficient (Wildman–Crippen LogP) is 0.559. The summed E-state index contributed by atoms with van der Waals surface area (Å²) in [5, 5.41) is 8.37. The van der Waals surface area contributed by atoms with Crippen LogP contribution in [0.1, 0.15) is 5.82 Å². The number of nitrogens with one attached hydrogen (secondary N) is 1. The lowest BCUT2D eigenvalue weighted by atomic mass is 10.4. The number of H-pyrrole nitrogens is 1. The molecule has 2 rings (SSSR count). The van der Waals surface area contributed by atoms with Crippen molar-refractivity contribution in [2.45, 2.75) is 6.61 Å². The third kappa shape index (κ3) is 2.29. The van der Waals surface area contributed by atoms with E-state index in [-0.39, 0.29) is 13.2 Å². The standard InChI is InChI=1S/C9H9N3O3/c13-9(14)5-15-4-8-11-6-1-2-10-3-7(6)12-8/h1-3H,4-5H2,(H,11,12)(H,13,14). The SMILES string of the molecule is O=C(O)COCc1nc2ccncc2[nH]1. The van der Waals surface area contributed by atoms with Crippen molar-refractivity contribution in [2.75, 3.05) is 6.61 Å². The van der Waals surface area contributed by atoms with E-state index in [2.05, 4.69) is 15.0 Å². The highest BCUT2D eigenvalue weighted by molar-refractivity contribution is 5.73. The molecule has 0 unspecified atom stereocenters. The van der Waals surface area contributed by atoms with Gasteiger partial charge in [0, 0.05) is 6.20 Å². The second kappa shape index (κ2) is 4.05. The highest BCUT2D eigenvalue weighted by atomic mass is 16.5. The van der Waals surface area contributed by atoms with Crippen molar-refractivity contribution in [1.82, 2.24) is 15.0 Å². The minimum atomic E-state index is -0.993. The second-order valence-electron chi connectivity index (χ2n) is 2.96. The van der Waals surface area contributed by atoms with E-state index in [1.54, 1.807) is 18.5 Å². The number of carboxylic acid groups (broad SMARTS) is 1. The molecule has 0 fully saturated rings. The van der Waals surface area contributed by atoms with Crippen LogP contribution in [0.3, 0.4) is 0 Å². The molecule has 2 aromatic rings. The molecular formula is C9H9N3O3. The molecule has 0 bridgehead atoms. The van der Waals surface area contributed by atoms with Gasteiger partial charge in [0.05, 0.1) is 17.2 Å². The van der Waals surface area contributed by atoms with Gasteiger partial charge in [0.15, 0.2) is 0 Å². The number of aromatic nitrogens is 3. The first-order valence-corrected chi connectivity index (χ1v) is 4.34. The van der Waals surface area contributed by atoms with Crippen molar-refractivity contribution in [3.63, 3.8) is 0 Å². The summed E-state index contributed by atoms with van der Waals surface area (Å²) in [5.41, 5.74) is 1.60. The summed E-state index contributed by atoms with van der Waals surface area (Å²) < 4.78 is 4.90. The molecule has 15 heavy (non-hydrogen) atoms. The Kier molecular flexibility index (Phi) is 2.59. The lowest BCUT2D eigenvalue weighted by molar-refractivity contribution is -0.142. The monoisotopic (exact) mass is 207 g/mol. The van der Waals surface area contributed by atoms with Crippen molar-refractivity contribution < 1.29 is 14.6 Å². The van der Waals surface area contributed by atoms with Gasteiger partial charge in [-0.15, -0.1) is 0 Å². The summed E-state index contributed by atoms with van der Waals surface area (Å²) in [5.74, 6) is -0.396. The number of aromatic amines is 1. The number of ether oxygens (including phenoxy) is 1. The van der Waals surface area contributed by atoms with E-state index >= 15 is 0 Å². The Balaban J connectivity index is 2.05. The number of hydrogen-bond acceptors (Lipinski definition) is 4. The highest BCUT2D eigenvalue weighted by Crippen LogP contribution is 2.08. The molecule has 0 aromatic carbocycles. The van der Waals surface area contributed by atoms with Crippen molar-refractivity contribution in [3.8, 4) is 0 Å². The second-order valence-corrected chi connectivity index (χ2v) is 2.96. The molecule has 2 heterocycles. The maximum atomic E-state index is 10.2. The lowest BCUT2D eigenvalue weighted by Gasteiger charge is -1.95. The van der Waals surface area contributed by atoms with Crippen molar-refractivity contribution in [1.29, 1.82) is 0 Å². The van der Waals surface area contributed by atoms with Gasteiger partial charge in [-0.1, -0.05) is 0 Å². The van der Waals surface area contributed by atoms with Crippen LogP contribution in [0.15, 0.2) is 18.5 Å². The Morgan fingerprint density at radius 3 is 3.20 bits per heavy atom. The van der Waals surface area contributed by atoms with E-state index in [9.17, 15) is 4.79 Å². The largest absolute Gasteiger partial charge is 0.480 e. The first-order valence-electron chi connectivity index (χ1n) is 4.34. The van der Waals surface area contributed by atoms with Gasteiger partial charge >= 0.3 is 5.97 Å². The number of nitrogens with zero attached hydrogens (tertiary/aromatic N) is 2. The molecule has 6 heteroatoms. The van der Waals surface area contributed by atoms with Gasteiger partial charge in [-0.25, -0.2) is 9.78 Å². The van der Waals surface area contributed by atoms with Crippen LogP contribution in [0.2, 0.25) is 0 Å². The van der Waals surface area contributed by atoms with Crippen LogP contribution in [0.5, 0.6) is 0 Å². The molecule has 0 radical (unpaired) electrons. The zero-order chi connectivity index (χ0) is 10.7. The molecule has 0 aliphatic carbocycles. The molecule has 0 saturated heterocycles. The van der Waals surface area contributed by atoms with Gasteiger partial charge in [0.1, 0.15) is 19.0 Å². The first kappa shape index (κ1) is 9.60. The topological polar surface area (TPSA) is 88.1 Å². The number of aliphatic carboxylic acids is 1. The van der Waals surface area contributed by atoms with Gasteiger partial charge in [-0.05, 0) is 6.07 Å². The molecule has 78 valence electrons. The van der Waals surface area contributed by atoms with Crippen LogP contribution >= 0.6 is 0 Å². The smallest absolute Gasteiger partial charge is 0.329 e. The average Bonchev–Trinajstić information content (AvgIpc) is 2.59. The van der Waals surface area contributed by atoms with Crippen LogP contribution in [0, 0.1) is 0 Å². The zero-order valence-electron chi connectivity index (χ0n) is 7.80. The van der Waals surface area contributed by atoms with Gasteiger partial charge in [-0.2, -0.15) is 0 Å². The predicted molar refractivity (Wildman–Crippen MR) is 51.2 cm³/mol. The summed E-state index contributed by atoms with van der Waals surface area (Å²) in [6.45, 7) is -0.170. The van der Waals surface area contributed by atoms with Crippen molar-refractivity contribution >= 4 is 17.0 Å². The summed E-state index contributed by atoms with van der Waals surface area (Å²) in [7, 11) is 0. The van der Waals surface area contributed by atoms with Gasteiger partial charge in [0.2, 0.25) is 0 Å². The molecule has 0 aliphatic rings. The maximum absolute atomic E-state index is 10.2. The van der Waals surface area contributed by atoms with Crippen molar-refractivity contribution in [3.05, 3.63) is 24.3 Å². The van der Waals surface area contributed by atoms with Crippen LogP contribution in [0.25, 0.3) is 11.0 Å². The first-order chi connectivity index (χ1) is 7.25. The quantitative estimate of drug-likeness (QED) is 0.764. The fourth-order valence-corrected chi connectivity index (χ4v) is 1.21. The molecule has 0 aliphatic heterocycles. The van der Waals surface area contributed by atoms with E-state index < -0.39 is 5.97 Å². The van der Waals surface area contributed by atoms with Crippen LogP contribution in [0.4, 0.5) is 0 Å². The number of hydrogen-bond donors (Lipinski definition) is 2. The molecule has 6 nitrogen and oxygen atoms in total. The zero-order valence-corrected chi connectivity index (χ0v) is 7.80. The maximum Gasteiger partial charge on any atom is 0.329 e. The molecule has 2 aromatic heterocycles. The van der Waals surface area contributed by atoms with Crippen LogP contribution in [-0.2, 0) is 16.1 Å². The van der Waals surface area contributed by atoms with E-state index in [0.29, 0.717) is 5.82 Å². The molecular weight excluding hydrogens is 198 g/mol. The highest BCUT2D eigenvalue weighted by Gasteiger charge is 2.03. The Bertz CT molecular complexity index is 447. The number of carboxylic acids is 1. The summed E-state index contributed by atoms with van der Waals surface area (Å²) >= 11 is 0. The molecule has 0 spiro atoms. The Morgan fingerprint density at radius 1 is 1.60 bits per heavy atom. The Morgan fingerprint density at radius 2 is 2.47 bits per heavy atom. The van der Waals surface area contributed by atoms with Gasteiger partial charge < -0.3 is 14.8 Å². The third-order valence-electron chi connectivity index (χ3n) is 1.80. The number of fused-ring (bicyclic) bond motifs is 1. The van der Waals surface area contributed by atoms with E-state index in [4.69, 9.17) is 9.84 Å². The summed E-state index contributed by atoms with van der Waals surface area (Å²) in [6.07, 6.45) is 3.30. The summed E-state index contributed by atoms with van der Waals surface area (Å²) in [4.78, 5) is 21.3. The van der Waals surface area contributed by atoms with Gasteiger partial charge in [-0.3, -0.25) is 4.98 Å². The minimum Gasteiger partial charge on any atom is -0.480 e. The molecule has 0 saturated carbocycles. The molecule has 0 amide bonds. The number of carbonyl (C=O) groups is 1. The summed E-state index contributed by atoms with van der Waals surface area (Å²) in [6, 6.07) is 1.77. The van der Waals surface area contributed by atoms with E-state index in [1.807, 2.05) is 0 Å². The minimum absolute atomic E-state index is 0.154. The number of imidazole rings is 1. The van der Waals surface area contributed by atoms with Crippen LogP contribution < -0.4 is 0 Å². The fraction of sp³-hybridized carbons (Fsp3) is 0.222. The Hall–Kier alpha value is -1.95. The Labute approximate surface area is 84.9 Å².